The Morgan fingerprint density at radius 2 is 2.05 bits per heavy atom. The quantitative estimate of drug-likeness (QED) is 0.834. The normalized spacial score (nSPS) is 15.0. The fraction of sp³-hybridized carbons (Fsp3) is 0.467. The zero-order chi connectivity index (χ0) is 14.4. The van der Waals surface area contributed by atoms with E-state index in [0.717, 1.165) is 0 Å². The summed E-state index contributed by atoms with van der Waals surface area (Å²) in [4.78, 5) is 22.1. The smallest absolute Gasteiger partial charge is 0.322 e. The molecule has 0 atom stereocenters. The number of amides is 1. The molecule has 108 valence electrons. The molecule has 5 heteroatoms. The third-order valence-corrected chi connectivity index (χ3v) is 3.46. The largest absolute Gasteiger partial charge is 0.493 e. The van der Waals surface area contributed by atoms with Crippen LogP contribution >= 0.6 is 0 Å². The highest BCUT2D eigenvalue weighted by molar-refractivity contribution is 5.96. The van der Waals surface area contributed by atoms with Gasteiger partial charge in [0, 0.05) is 5.56 Å². The number of nitrogens with one attached hydrogen (secondary N) is 1. The van der Waals surface area contributed by atoms with Crippen LogP contribution in [0.1, 0.15) is 36.0 Å². The fourth-order valence-corrected chi connectivity index (χ4v) is 2.38. The molecule has 0 aliphatic heterocycles. The van der Waals surface area contributed by atoms with Gasteiger partial charge in [-0.15, -0.1) is 0 Å². The van der Waals surface area contributed by atoms with Crippen LogP contribution in [0.3, 0.4) is 0 Å². The molecule has 0 heterocycles. The Balaban J connectivity index is 1.89. The molecule has 0 aromatic heterocycles. The molecule has 0 saturated heterocycles. The van der Waals surface area contributed by atoms with Gasteiger partial charge < -0.3 is 15.2 Å². The van der Waals surface area contributed by atoms with Crippen LogP contribution in [-0.4, -0.2) is 30.1 Å². The lowest BCUT2D eigenvalue weighted by atomic mass is 10.1. The van der Waals surface area contributed by atoms with Gasteiger partial charge in [-0.3, -0.25) is 9.59 Å². The topological polar surface area (TPSA) is 75.6 Å². The van der Waals surface area contributed by atoms with E-state index in [1.165, 1.54) is 25.7 Å². The zero-order valence-corrected chi connectivity index (χ0v) is 11.3. The molecular weight excluding hydrogens is 258 g/mol. The summed E-state index contributed by atoms with van der Waals surface area (Å²) < 4.78 is 5.71. The van der Waals surface area contributed by atoms with E-state index < -0.39 is 11.9 Å². The van der Waals surface area contributed by atoms with Gasteiger partial charge in [-0.25, -0.2) is 0 Å². The molecule has 1 aliphatic rings. The molecule has 1 fully saturated rings. The first kappa shape index (κ1) is 14.4. The molecule has 1 aromatic carbocycles. The van der Waals surface area contributed by atoms with Crippen molar-refractivity contribution in [3.63, 3.8) is 0 Å². The Morgan fingerprint density at radius 3 is 2.75 bits per heavy atom. The SMILES string of the molecule is O=C(O)CNC(=O)c1cccc(OCC2CCCC2)c1. The minimum absolute atomic E-state index is 0.383. The lowest BCUT2D eigenvalue weighted by Gasteiger charge is -2.12. The van der Waals surface area contributed by atoms with Gasteiger partial charge in [0.15, 0.2) is 0 Å². The number of carbonyl (C=O) groups excluding carboxylic acids is 1. The molecule has 2 rings (SSSR count). The van der Waals surface area contributed by atoms with Gasteiger partial charge in [-0.2, -0.15) is 0 Å². The molecule has 0 bridgehead atoms. The van der Waals surface area contributed by atoms with Crippen LogP contribution < -0.4 is 10.1 Å². The maximum absolute atomic E-state index is 11.7. The molecule has 0 unspecified atom stereocenters. The number of carboxylic acids is 1. The first-order chi connectivity index (χ1) is 9.65. The zero-order valence-electron chi connectivity index (χ0n) is 11.3. The highest BCUT2D eigenvalue weighted by atomic mass is 16.5. The van der Waals surface area contributed by atoms with Crippen molar-refractivity contribution in [1.29, 1.82) is 0 Å². The molecule has 1 saturated carbocycles. The van der Waals surface area contributed by atoms with Crippen molar-refractivity contribution in [2.24, 2.45) is 5.92 Å². The van der Waals surface area contributed by atoms with Crippen LogP contribution in [0.2, 0.25) is 0 Å². The average Bonchev–Trinajstić information content (AvgIpc) is 2.96. The summed E-state index contributed by atoms with van der Waals surface area (Å²) in [5, 5.41) is 10.9. The monoisotopic (exact) mass is 277 g/mol. The van der Waals surface area contributed by atoms with Gasteiger partial charge in [-0.1, -0.05) is 18.9 Å². The Morgan fingerprint density at radius 1 is 1.30 bits per heavy atom. The number of carboxylic acid groups (broad SMARTS) is 1. The Bertz CT molecular complexity index is 481. The van der Waals surface area contributed by atoms with Gasteiger partial charge in [0.2, 0.25) is 0 Å². The number of benzene rings is 1. The first-order valence-electron chi connectivity index (χ1n) is 6.88. The van der Waals surface area contributed by atoms with Gasteiger partial charge in [0.25, 0.3) is 5.91 Å². The lowest BCUT2D eigenvalue weighted by molar-refractivity contribution is -0.135. The molecule has 1 aromatic rings. The van der Waals surface area contributed by atoms with Gasteiger partial charge >= 0.3 is 5.97 Å². The van der Waals surface area contributed by atoms with Crippen molar-refractivity contribution >= 4 is 11.9 Å². The van der Waals surface area contributed by atoms with Crippen LogP contribution in [0.25, 0.3) is 0 Å². The van der Waals surface area contributed by atoms with E-state index in [9.17, 15) is 9.59 Å². The summed E-state index contributed by atoms with van der Waals surface area (Å²) in [5.41, 5.74) is 0.412. The predicted molar refractivity (Wildman–Crippen MR) is 73.9 cm³/mol. The molecular formula is C15H19NO4. The third kappa shape index (κ3) is 4.26. The molecule has 20 heavy (non-hydrogen) atoms. The van der Waals surface area contributed by atoms with Crippen molar-refractivity contribution in [2.75, 3.05) is 13.2 Å². The first-order valence-corrected chi connectivity index (χ1v) is 6.88. The predicted octanol–water partition coefficient (Wildman–Crippen LogP) is 2.07. The van der Waals surface area contributed by atoms with Gasteiger partial charge in [-0.05, 0) is 37.0 Å². The maximum Gasteiger partial charge on any atom is 0.322 e. The summed E-state index contributed by atoms with van der Waals surface area (Å²) in [6, 6.07) is 6.83. The van der Waals surface area contributed by atoms with E-state index in [4.69, 9.17) is 9.84 Å². The Kier molecular flexibility index (Phi) is 4.98. The van der Waals surface area contributed by atoms with Crippen molar-refractivity contribution in [2.45, 2.75) is 25.7 Å². The van der Waals surface area contributed by atoms with Crippen LogP contribution in [0, 0.1) is 5.92 Å². The number of hydrogen-bond donors (Lipinski definition) is 2. The molecule has 5 nitrogen and oxygen atoms in total. The van der Waals surface area contributed by atoms with Crippen LogP contribution in [-0.2, 0) is 4.79 Å². The average molecular weight is 277 g/mol. The van der Waals surface area contributed by atoms with E-state index in [1.54, 1.807) is 18.2 Å². The fourth-order valence-electron chi connectivity index (χ4n) is 2.38. The molecule has 2 N–H and O–H groups in total. The maximum atomic E-state index is 11.7. The van der Waals surface area contributed by atoms with Crippen molar-refractivity contribution in [3.05, 3.63) is 29.8 Å². The second-order valence-corrected chi connectivity index (χ2v) is 5.07. The van der Waals surface area contributed by atoms with E-state index in [2.05, 4.69) is 5.32 Å². The number of rotatable bonds is 6. The Hall–Kier alpha value is -2.04. The summed E-state index contributed by atoms with van der Waals surface area (Å²) in [7, 11) is 0. The van der Waals surface area contributed by atoms with Crippen molar-refractivity contribution in [1.82, 2.24) is 5.32 Å². The van der Waals surface area contributed by atoms with Crippen LogP contribution in [0.5, 0.6) is 5.75 Å². The van der Waals surface area contributed by atoms with Crippen molar-refractivity contribution in [3.8, 4) is 5.75 Å². The van der Waals surface area contributed by atoms with Crippen molar-refractivity contribution < 1.29 is 19.4 Å². The lowest BCUT2D eigenvalue weighted by Crippen LogP contribution is -2.29. The second-order valence-electron chi connectivity index (χ2n) is 5.07. The second kappa shape index (κ2) is 6.93. The van der Waals surface area contributed by atoms with Crippen LogP contribution in [0.4, 0.5) is 0 Å². The number of ether oxygens (including phenoxy) is 1. The molecule has 0 spiro atoms. The van der Waals surface area contributed by atoms with Crippen LogP contribution in [0.15, 0.2) is 24.3 Å². The summed E-state index contributed by atoms with van der Waals surface area (Å²) in [5.74, 6) is -0.204. The van der Waals surface area contributed by atoms with Gasteiger partial charge in [0.1, 0.15) is 12.3 Å². The molecule has 1 aliphatic carbocycles. The summed E-state index contributed by atoms with van der Waals surface area (Å²) in [6.07, 6.45) is 4.95. The highest BCUT2D eigenvalue weighted by Crippen LogP contribution is 2.25. The van der Waals surface area contributed by atoms with E-state index in [0.29, 0.717) is 23.8 Å². The minimum atomic E-state index is -1.06. The summed E-state index contributed by atoms with van der Waals surface area (Å²) in [6.45, 7) is 0.298. The highest BCUT2D eigenvalue weighted by Gasteiger charge is 2.15. The molecule has 1 amide bonds. The van der Waals surface area contributed by atoms with Gasteiger partial charge in [0.05, 0.1) is 6.61 Å². The summed E-state index contributed by atoms with van der Waals surface area (Å²) >= 11 is 0. The standard InChI is InChI=1S/C15H19NO4/c17-14(18)9-16-15(19)12-6-3-7-13(8-12)20-10-11-4-1-2-5-11/h3,6-8,11H,1-2,4-5,9-10H2,(H,16,19)(H,17,18). The number of hydrogen-bond acceptors (Lipinski definition) is 3. The Labute approximate surface area is 117 Å². The minimum Gasteiger partial charge on any atom is -0.493 e. The van der Waals surface area contributed by atoms with E-state index in [-0.39, 0.29) is 6.54 Å². The van der Waals surface area contributed by atoms with E-state index in [1.807, 2.05) is 6.07 Å². The van der Waals surface area contributed by atoms with E-state index >= 15 is 0 Å². The number of aliphatic carboxylic acids is 1. The number of carbonyl (C=O) groups is 2. The third-order valence-electron chi connectivity index (χ3n) is 3.46. The molecule has 0 radical (unpaired) electrons.